The summed E-state index contributed by atoms with van der Waals surface area (Å²) in [4.78, 5) is 17.0. The van der Waals surface area contributed by atoms with Crippen LogP contribution in [-0.4, -0.2) is 16.1 Å². The summed E-state index contributed by atoms with van der Waals surface area (Å²) in [7, 11) is 0. The number of thiophene rings is 1. The van der Waals surface area contributed by atoms with Gasteiger partial charge in [-0.1, -0.05) is 30.3 Å². The Morgan fingerprint density at radius 3 is 2.54 bits per heavy atom. The molecule has 0 aliphatic rings. The highest BCUT2D eigenvalue weighted by atomic mass is 32.1. The number of carboxylic acids is 1. The molecule has 3 nitrogen and oxygen atoms in total. The Balaban J connectivity index is 1.72. The molecule has 4 rings (SSSR count). The summed E-state index contributed by atoms with van der Waals surface area (Å²) >= 11 is 3.23. The van der Waals surface area contributed by atoms with Crippen LogP contribution in [0.15, 0.2) is 65.4 Å². The standard InChI is InChI=1S/C20H12FNO2S2/c21-16-7-6-13(10-15(16)20(23)24)12-3-1-4-14(9-12)17-11-26-19(22-17)18-5-2-8-25-18/h1-11H,(H,23,24). The molecule has 0 aliphatic carbocycles. The van der Waals surface area contributed by atoms with Crippen LogP contribution in [0.5, 0.6) is 0 Å². The molecule has 0 saturated carbocycles. The molecule has 0 fully saturated rings. The zero-order valence-electron chi connectivity index (χ0n) is 13.3. The first kappa shape index (κ1) is 16.6. The van der Waals surface area contributed by atoms with Crippen molar-refractivity contribution in [1.29, 1.82) is 0 Å². The van der Waals surface area contributed by atoms with E-state index >= 15 is 0 Å². The summed E-state index contributed by atoms with van der Waals surface area (Å²) in [6.45, 7) is 0. The van der Waals surface area contributed by atoms with Gasteiger partial charge in [0.05, 0.1) is 16.1 Å². The van der Waals surface area contributed by atoms with Gasteiger partial charge in [-0.25, -0.2) is 14.2 Å². The van der Waals surface area contributed by atoms with Gasteiger partial charge >= 0.3 is 5.97 Å². The average molecular weight is 381 g/mol. The molecule has 6 heteroatoms. The lowest BCUT2D eigenvalue weighted by Gasteiger charge is -2.06. The number of aromatic nitrogens is 1. The van der Waals surface area contributed by atoms with Gasteiger partial charge in [0.2, 0.25) is 0 Å². The van der Waals surface area contributed by atoms with E-state index in [1.54, 1.807) is 28.7 Å². The molecule has 2 heterocycles. The Kier molecular flexibility index (Phi) is 4.36. The predicted molar refractivity (Wildman–Crippen MR) is 103 cm³/mol. The van der Waals surface area contributed by atoms with Gasteiger partial charge in [-0.15, -0.1) is 22.7 Å². The largest absolute Gasteiger partial charge is 0.478 e. The molecule has 0 atom stereocenters. The van der Waals surface area contributed by atoms with Crippen molar-refractivity contribution in [2.24, 2.45) is 0 Å². The summed E-state index contributed by atoms with van der Waals surface area (Å²) in [5.74, 6) is -2.02. The van der Waals surface area contributed by atoms with Crippen LogP contribution < -0.4 is 0 Å². The Hall–Kier alpha value is -2.83. The van der Waals surface area contributed by atoms with Crippen molar-refractivity contribution in [1.82, 2.24) is 4.98 Å². The smallest absolute Gasteiger partial charge is 0.338 e. The summed E-state index contributed by atoms with van der Waals surface area (Å²) in [5, 5.41) is 14.1. The molecule has 1 N–H and O–H groups in total. The van der Waals surface area contributed by atoms with Gasteiger partial charge in [-0.2, -0.15) is 0 Å². The van der Waals surface area contributed by atoms with Crippen molar-refractivity contribution in [3.8, 4) is 32.3 Å². The van der Waals surface area contributed by atoms with Gasteiger partial charge in [-0.05, 0) is 40.8 Å². The van der Waals surface area contributed by atoms with E-state index in [-0.39, 0.29) is 5.56 Å². The first-order valence-electron chi connectivity index (χ1n) is 7.75. The fourth-order valence-corrected chi connectivity index (χ4v) is 4.29. The first-order chi connectivity index (χ1) is 12.6. The maximum atomic E-state index is 13.6. The van der Waals surface area contributed by atoms with E-state index in [0.29, 0.717) is 5.56 Å². The van der Waals surface area contributed by atoms with E-state index in [1.165, 1.54) is 12.1 Å². The third-order valence-corrected chi connectivity index (χ3v) is 5.81. The average Bonchev–Trinajstić information content (AvgIpc) is 3.33. The third-order valence-electron chi connectivity index (χ3n) is 3.92. The van der Waals surface area contributed by atoms with Gasteiger partial charge in [-0.3, -0.25) is 0 Å². The number of carboxylic acid groups (broad SMARTS) is 1. The topological polar surface area (TPSA) is 50.2 Å². The van der Waals surface area contributed by atoms with Crippen molar-refractivity contribution >= 4 is 28.6 Å². The van der Waals surface area contributed by atoms with E-state index in [0.717, 1.165) is 26.7 Å². The predicted octanol–water partition coefficient (Wildman–Crippen LogP) is 6.04. The van der Waals surface area contributed by atoms with Gasteiger partial charge in [0.1, 0.15) is 10.8 Å². The SMILES string of the molecule is O=C(O)c1cc(-c2cccc(-c3csc(-c4cccs4)n3)c2)ccc1F. The van der Waals surface area contributed by atoms with Crippen LogP contribution in [-0.2, 0) is 0 Å². The van der Waals surface area contributed by atoms with E-state index in [4.69, 9.17) is 10.1 Å². The van der Waals surface area contributed by atoms with Crippen LogP contribution >= 0.6 is 22.7 Å². The van der Waals surface area contributed by atoms with Crippen LogP contribution in [0.4, 0.5) is 4.39 Å². The fourth-order valence-electron chi connectivity index (χ4n) is 2.65. The minimum atomic E-state index is -1.28. The van der Waals surface area contributed by atoms with Crippen molar-refractivity contribution in [3.63, 3.8) is 0 Å². The van der Waals surface area contributed by atoms with E-state index in [1.807, 2.05) is 47.2 Å². The quantitative estimate of drug-likeness (QED) is 0.469. The maximum absolute atomic E-state index is 13.6. The Morgan fingerprint density at radius 1 is 0.962 bits per heavy atom. The molecule has 0 saturated heterocycles. The molecular formula is C20H12FNO2S2. The molecule has 26 heavy (non-hydrogen) atoms. The summed E-state index contributed by atoms with van der Waals surface area (Å²) in [6, 6.07) is 15.8. The lowest BCUT2D eigenvalue weighted by molar-refractivity contribution is 0.0692. The number of hydrogen-bond donors (Lipinski definition) is 1. The highest BCUT2D eigenvalue weighted by molar-refractivity contribution is 7.20. The number of aromatic carboxylic acids is 1. The number of nitrogens with zero attached hydrogens (tertiary/aromatic N) is 1. The Morgan fingerprint density at radius 2 is 1.77 bits per heavy atom. The lowest BCUT2D eigenvalue weighted by Crippen LogP contribution is -2.00. The highest BCUT2D eigenvalue weighted by Crippen LogP contribution is 2.33. The van der Waals surface area contributed by atoms with Gasteiger partial charge in [0.25, 0.3) is 0 Å². The summed E-state index contributed by atoms with van der Waals surface area (Å²) in [5.41, 5.74) is 2.93. The van der Waals surface area contributed by atoms with Crippen molar-refractivity contribution < 1.29 is 14.3 Å². The molecule has 0 bridgehead atoms. The normalized spacial score (nSPS) is 10.8. The molecule has 0 unspecified atom stereocenters. The second-order valence-electron chi connectivity index (χ2n) is 5.60. The van der Waals surface area contributed by atoms with Crippen molar-refractivity contribution in [2.45, 2.75) is 0 Å². The molecule has 0 radical (unpaired) electrons. The molecule has 0 spiro atoms. The monoisotopic (exact) mass is 381 g/mol. The van der Waals surface area contributed by atoms with Gasteiger partial charge in [0, 0.05) is 10.9 Å². The van der Waals surface area contributed by atoms with Gasteiger partial charge in [0.15, 0.2) is 0 Å². The molecule has 4 aromatic rings. The number of benzene rings is 2. The maximum Gasteiger partial charge on any atom is 0.338 e. The van der Waals surface area contributed by atoms with Crippen LogP contribution in [0, 0.1) is 5.82 Å². The van der Waals surface area contributed by atoms with Crippen LogP contribution in [0.3, 0.4) is 0 Å². The molecule has 2 aromatic heterocycles. The second-order valence-corrected chi connectivity index (χ2v) is 7.40. The van der Waals surface area contributed by atoms with Crippen LogP contribution in [0.1, 0.15) is 10.4 Å². The minimum Gasteiger partial charge on any atom is -0.478 e. The molecule has 0 aliphatic heterocycles. The number of carbonyl (C=O) groups is 1. The van der Waals surface area contributed by atoms with Crippen LogP contribution in [0.2, 0.25) is 0 Å². The van der Waals surface area contributed by atoms with E-state index in [2.05, 4.69) is 0 Å². The molecule has 2 aromatic carbocycles. The third kappa shape index (κ3) is 3.16. The Labute approximate surface area is 157 Å². The Bertz CT molecular complexity index is 1090. The zero-order valence-corrected chi connectivity index (χ0v) is 15.0. The fraction of sp³-hybridized carbons (Fsp3) is 0. The van der Waals surface area contributed by atoms with E-state index in [9.17, 15) is 9.18 Å². The van der Waals surface area contributed by atoms with Crippen molar-refractivity contribution in [3.05, 3.63) is 76.7 Å². The first-order valence-corrected chi connectivity index (χ1v) is 9.51. The molecule has 128 valence electrons. The second kappa shape index (κ2) is 6.82. The van der Waals surface area contributed by atoms with E-state index < -0.39 is 11.8 Å². The molecule has 0 amide bonds. The van der Waals surface area contributed by atoms with Gasteiger partial charge < -0.3 is 5.11 Å². The minimum absolute atomic E-state index is 0.332. The number of hydrogen-bond acceptors (Lipinski definition) is 4. The van der Waals surface area contributed by atoms with Crippen molar-refractivity contribution in [2.75, 3.05) is 0 Å². The highest BCUT2D eigenvalue weighted by Gasteiger charge is 2.13. The lowest BCUT2D eigenvalue weighted by atomic mass is 10.00. The molecular weight excluding hydrogens is 369 g/mol. The number of halogens is 1. The number of thiazole rings is 1. The summed E-state index contributed by atoms with van der Waals surface area (Å²) < 4.78 is 13.6. The zero-order chi connectivity index (χ0) is 18.1. The van der Waals surface area contributed by atoms with Crippen LogP contribution in [0.25, 0.3) is 32.3 Å². The summed E-state index contributed by atoms with van der Waals surface area (Å²) in [6.07, 6.45) is 0. The number of rotatable bonds is 4.